The molecule has 1 N–H and O–H groups in total. The summed E-state index contributed by atoms with van der Waals surface area (Å²) in [5.41, 5.74) is 3.22. The van der Waals surface area contributed by atoms with Gasteiger partial charge in [0.1, 0.15) is 23.4 Å². The minimum Gasteiger partial charge on any atom is -0.477 e. The van der Waals surface area contributed by atoms with E-state index in [0.717, 1.165) is 37.9 Å². The minimum atomic E-state index is -0.301. The number of carbonyl (C=O) groups is 1. The molecule has 0 saturated heterocycles. The maximum atomic E-state index is 13.3. The molecule has 5 heterocycles. The second kappa shape index (κ2) is 9.11. The monoisotopic (exact) mass is 445 g/mol. The lowest BCUT2D eigenvalue weighted by molar-refractivity contribution is 0.102. The highest BCUT2D eigenvalue weighted by Gasteiger charge is 2.21. The zero-order valence-electron chi connectivity index (χ0n) is 18.9. The van der Waals surface area contributed by atoms with Crippen LogP contribution in [0.15, 0.2) is 42.9 Å². The van der Waals surface area contributed by atoms with Gasteiger partial charge in [-0.15, -0.1) is 10.2 Å². The first kappa shape index (κ1) is 21.3. The third kappa shape index (κ3) is 4.49. The van der Waals surface area contributed by atoms with E-state index in [-0.39, 0.29) is 11.9 Å². The Morgan fingerprint density at radius 3 is 3.03 bits per heavy atom. The number of carbonyl (C=O) groups excluding carboxylic acids is 1. The summed E-state index contributed by atoms with van der Waals surface area (Å²) in [5, 5.41) is 11.2. The molecule has 0 fully saturated rings. The van der Waals surface area contributed by atoms with E-state index in [1.807, 2.05) is 22.8 Å². The van der Waals surface area contributed by atoms with E-state index in [9.17, 15) is 4.79 Å². The first-order valence-corrected chi connectivity index (χ1v) is 11.3. The molecule has 9 heteroatoms. The maximum absolute atomic E-state index is 13.3. The Morgan fingerprint density at radius 1 is 1.27 bits per heavy atom. The lowest BCUT2D eigenvalue weighted by Gasteiger charge is -2.22. The molecule has 0 aromatic carbocycles. The van der Waals surface area contributed by atoms with Gasteiger partial charge < -0.3 is 19.5 Å². The third-order valence-corrected chi connectivity index (χ3v) is 6.15. The van der Waals surface area contributed by atoms with Crippen molar-refractivity contribution in [3.63, 3.8) is 0 Å². The van der Waals surface area contributed by atoms with Gasteiger partial charge in [0, 0.05) is 25.3 Å². The second-order valence-electron chi connectivity index (χ2n) is 8.58. The van der Waals surface area contributed by atoms with Crippen LogP contribution >= 0.6 is 0 Å². The van der Waals surface area contributed by atoms with Crippen LogP contribution in [0.3, 0.4) is 0 Å². The van der Waals surface area contributed by atoms with Crippen molar-refractivity contribution in [2.24, 2.45) is 0 Å². The second-order valence-corrected chi connectivity index (χ2v) is 8.58. The zero-order valence-corrected chi connectivity index (χ0v) is 18.9. The third-order valence-electron chi connectivity index (χ3n) is 6.15. The molecule has 2 aliphatic rings. The summed E-state index contributed by atoms with van der Waals surface area (Å²) >= 11 is 0. The Bertz CT molecular complexity index is 1200. The number of hydrogen-bond acceptors (Lipinski definition) is 7. The predicted molar refractivity (Wildman–Crippen MR) is 125 cm³/mol. The van der Waals surface area contributed by atoms with E-state index >= 15 is 0 Å². The van der Waals surface area contributed by atoms with Crippen LogP contribution < -0.4 is 10.1 Å². The molecular formula is C24H27N7O2. The van der Waals surface area contributed by atoms with Crippen LogP contribution in [0.2, 0.25) is 0 Å². The molecule has 2 aliphatic heterocycles. The van der Waals surface area contributed by atoms with Crippen molar-refractivity contribution in [1.82, 2.24) is 29.6 Å². The van der Waals surface area contributed by atoms with E-state index in [4.69, 9.17) is 4.74 Å². The molecule has 2 bridgehead atoms. The summed E-state index contributed by atoms with van der Waals surface area (Å²) in [6, 6.07) is 7.53. The molecule has 3 aromatic rings. The van der Waals surface area contributed by atoms with E-state index < -0.39 is 0 Å². The van der Waals surface area contributed by atoms with Crippen LogP contribution in [0.4, 0.5) is 5.82 Å². The summed E-state index contributed by atoms with van der Waals surface area (Å²) in [6.07, 6.45) is 8.30. The molecule has 170 valence electrons. The van der Waals surface area contributed by atoms with E-state index in [1.54, 1.807) is 18.6 Å². The van der Waals surface area contributed by atoms with Crippen LogP contribution in [0.1, 0.15) is 48.1 Å². The van der Waals surface area contributed by atoms with Gasteiger partial charge in [0.15, 0.2) is 5.82 Å². The van der Waals surface area contributed by atoms with Crippen molar-refractivity contribution in [3.05, 3.63) is 54.0 Å². The summed E-state index contributed by atoms with van der Waals surface area (Å²) in [7, 11) is 2.10. The number of aromatic nitrogens is 5. The molecule has 0 spiro atoms. The summed E-state index contributed by atoms with van der Waals surface area (Å²) < 4.78 is 7.98. The van der Waals surface area contributed by atoms with Crippen molar-refractivity contribution in [2.45, 2.75) is 32.2 Å². The van der Waals surface area contributed by atoms with Gasteiger partial charge in [-0.1, -0.05) is 12.1 Å². The van der Waals surface area contributed by atoms with Gasteiger partial charge in [-0.25, -0.2) is 9.97 Å². The number of pyridine rings is 2. The van der Waals surface area contributed by atoms with Crippen molar-refractivity contribution in [3.8, 4) is 17.4 Å². The standard InChI is InChI=1S/C24H27N7O2/c1-16-5-4-12-33-24-19(13-18(14-25-24)17-8-10-30(2)11-9-17)23(32)28-21-7-3-6-20(27-21)22-29-26-15-31(16)22/h3,6-8,13-16H,4-5,9-12H2,1-2H3,(H,27,28,32). The van der Waals surface area contributed by atoms with Gasteiger partial charge in [0.05, 0.1) is 6.61 Å². The van der Waals surface area contributed by atoms with Crippen molar-refractivity contribution in [2.75, 3.05) is 32.1 Å². The number of rotatable bonds is 1. The molecule has 5 rings (SSSR count). The van der Waals surface area contributed by atoms with Crippen molar-refractivity contribution in [1.29, 1.82) is 0 Å². The number of nitrogens with zero attached hydrogens (tertiary/aromatic N) is 6. The van der Waals surface area contributed by atoms with Gasteiger partial charge in [-0.2, -0.15) is 0 Å². The highest BCUT2D eigenvalue weighted by atomic mass is 16.5. The van der Waals surface area contributed by atoms with Gasteiger partial charge in [-0.3, -0.25) is 4.79 Å². The number of amides is 1. The van der Waals surface area contributed by atoms with Crippen LogP contribution in [0.5, 0.6) is 5.88 Å². The van der Waals surface area contributed by atoms with Crippen molar-refractivity contribution >= 4 is 17.3 Å². The Balaban J connectivity index is 1.52. The summed E-state index contributed by atoms with van der Waals surface area (Å²) in [6.45, 7) is 4.45. The SMILES string of the molecule is CC1CCCOc2ncc(C3=CCN(C)CC3)cc2C(=O)Nc2cccc(n2)-c2nncn21. The summed E-state index contributed by atoms with van der Waals surface area (Å²) in [4.78, 5) is 24.7. The number of ether oxygens (including phenoxy) is 1. The molecule has 0 saturated carbocycles. The van der Waals surface area contributed by atoms with Crippen LogP contribution in [-0.2, 0) is 0 Å². The summed E-state index contributed by atoms with van der Waals surface area (Å²) in [5.74, 6) is 1.15. The molecule has 9 nitrogen and oxygen atoms in total. The van der Waals surface area contributed by atoms with Crippen molar-refractivity contribution < 1.29 is 9.53 Å². The predicted octanol–water partition coefficient (Wildman–Crippen LogP) is 3.44. The van der Waals surface area contributed by atoms with Crippen LogP contribution in [0.25, 0.3) is 17.1 Å². The number of hydrogen-bond donors (Lipinski definition) is 1. The Kier molecular flexibility index (Phi) is 5.87. The first-order chi connectivity index (χ1) is 16.1. The Hall–Kier alpha value is -3.59. The largest absolute Gasteiger partial charge is 0.477 e. The topological polar surface area (TPSA) is 98.1 Å². The fourth-order valence-corrected chi connectivity index (χ4v) is 4.19. The Labute approximate surface area is 192 Å². The van der Waals surface area contributed by atoms with Gasteiger partial charge in [0.2, 0.25) is 5.88 Å². The van der Waals surface area contributed by atoms with Crippen LogP contribution in [-0.4, -0.2) is 62.3 Å². The highest BCUT2D eigenvalue weighted by molar-refractivity contribution is 6.06. The maximum Gasteiger partial charge on any atom is 0.262 e. The van der Waals surface area contributed by atoms with E-state index in [1.165, 1.54) is 5.57 Å². The van der Waals surface area contributed by atoms with Gasteiger partial charge in [0.25, 0.3) is 5.91 Å². The lowest BCUT2D eigenvalue weighted by atomic mass is 9.99. The normalized spacial score (nSPS) is 19.4. The molecule has 1 atom stereocenters. The number of nitrogens with one attached hydrogen (secondary N) is 1. The smallest absolute Gasteiger partial charge is 0.262 e. The van der Waals surface area contributed by atoms with E-state index in [2.05, 4.69) is 50.4 Å². The van der Waals surface area contributed by atoms with Crippen LogP contribution in [0, 0.1) is 0 Å². The fraction of sp³-hybridized carbons (Fsp3) is 0.375. The molecule has 33 heavy (non-hydrogen) atoms. The Morgan fingerprint density at radius 2 is 2.18 bits per heavy atom. The lowest BCUT2D eigenvalue weighted by Crippen LogP contribution is -2.24. The number of fused-ring (bicyclic) bond motifs is 5. The van der Waals surface area contributed by atoms with E-state index in [0.29, 0.717) is 35.4 Å². The average Bonchev–Trinajstić information content (AvgIpc) is 3.32. The molecule has 3 aromatic heterocycles. The molecular weight excluding hydrogens is 418 g/mol. The van der Waals surface area contributed by atoms with Gasteiger partial charge >= 0.3 is 0 Å². The van der Waals surface area contributed by atoms with Gasteiger partial charge in [-0.05, 0) is 62.6 Å². The first-order valence-electron chi connectivity index (χ1n) is 11.3. The minimum absolute atomic E-state index is 0.174. The quantitative estimate of drug-likeness (QED) is 0.613. The highest BCUT2D eigenvalue weighted by Crippen LogP contribution is 2.28. The molecule has 0 aliphatic carbocycles. The number of anilines is 1. The zero-order chi connectivity index (χ0) is 22.8. The fourth-order valence-electron chi connectivity index (χ4n) is 4.19. The molecule has 1 amide bonds. The number of likely N-dealkylation sites (N-methyl/N-ethyl adjacent to an activating group) is 1. The molecule has 1 unspecified atom stereocenters. The average molecular weight is 446 g/mol. The molecule has 0 radical (unpaired) electrons.